The molecule has 0 aliphatic rings. The lowest BCUT2D eigenvalue weighted by Gasteiger charge is -2.01. The van der Waals surface area contributed by atoms with E-state index in [4.69, 9.17) is 0 Å². The Kier molecular flexibility index (Phi) is 5.58. The molecule has 1 aromatic carbocycles. The quantitative estimate of drug-likeness (QED) is 0.348. The first-order valence-corrected chi connectivity index (χ1v) is 3.86. The molecule has 0 aliphatic carbocycles. The van der Waals surface area contributed by atoms with Crippen LogP contribution in [0.3, 0.4) is 0 Å². The minimum Gasteiger partial charge on any atom is -0.768 e. The van der Waals surface area contributed by atoms with E-state index in [1.807, 2.05) is 0 Å². The zero-order chi connectivity index (χ0) is 8.69. The fourth-order valence-corrected chi connectivity index (χ4v) is 0.911. The van der Waals surface area contributed by atoms with Gasteiger partial charge in [0.2, 0.25) is 0 Å². The van der Waals surface area contributed by atoms with Crippen molar-refractivity contribution in [3.05, 3.63) is 30.3 Å². The summed E-state index contributed by atoms with van der Waals surface area (Å²) < 4.78 is 20.4. The molecule has 62 valence electrons. The predicted molar refractivity (Wildman–Crippen MR) is 42.0 cm³/mol. The molecule has 0 radical (unpaired) electrons. The molecule has 1 atom stereocenters. The highest BCUT2D eigenvalue weighted by molar-refractivity contribution is 7.79. The summed E-state index contributed by atoms with van der Waals surface area (Å²) in [5, 5.41) is 0. The molecule has 4 N–H and O–H groups in total. The van der Waals surface area contributed by atoms with E-state index in [2.05, 4.69) is 11.7 Å². The van der Waals surface area contributed by atoms with Gasteiger partial charge in [0.15, 0.2) is 0 Å². The molecular weight excluding hydrogens is 164 g/mol. The monoisotopic (exact) mass is 173 g/mol. The largest absolute Gasteiger partial charge is 0.768 e. The molecule has 0 aromatic heterocycles. The van der Waals surface area contributed by atoms with Crippen LogP contribution in [0.2, 0.25) is 0 Å². The maximum absolute atomic E-state index is 10.2. The number of hydrogen-bond acceptors (Lipinski definition) is 4. The van der Waals surface area contributed by atoms with E-state index >= 15 is 0 Å². The van der Waals surface area contributed by atoms with Crippen molar-refractivity contribution in [2.75, 3.05) is 0 Å². The smallest absolute Gasteiger partial charge is 0.0248 e. The van der Waals surface area contributed by atoms with Crippen molar-refractivity contribution in [3.8, 4) is 0 Å². The van der Waals surface area contributed by atoms with E-state index < -0.39 is 11.1 Å². The molecule has 0 fully saturated rings. The van der Waals surface area contributed by atoms with Crippen molar-refractivity contribution < 1.29 is 8.76 Å². The normalized spacial score (nSPS) is 11.2. The molecule has 0 heterocycles. The summed E-state index contributed by atoms with van der Waals surface area (Å²) in [5.74, 6) is 8.00. The molecule has 0 amide bonds. The van der Waals surface area contributed by atoms with E-state index in [1.165, 1.54) is 0 Å². The Bertz CT molecular complexity index is 215. The van der Waals surface area contributed by atoms with Crippen molar-refractivity contribution in [3.63, 3.8) is 0 Å². The average Bonchev–Trinajstić information content (AvgIpc) is 2.10. The van der Waals surface area contributed by atoms with Gasteiger partial charge in [-0.15, -0.1) is 0 Å². The van der Waals surface area contributed by atoms with Crippen LogP contribution < -0.4 is 11.7 Å². The van der Waals surface area contributed by atoms with Crippen LogP contribution in [0, 0.1) is 0 Å². The topological polar surface area (TPSA) is 92.2 Å². The number of hydrogen-bond donors (Lipinski definition) is 2. The summed E-state index contributed by atoms with van der Waals surface area (Å²) >= 11 is -2.08. The number of hydrazine groups is 1. The van der Waals surface area contributed by atoms with Crippen LogP contribution >= 0.6 is 0 Å². The van der Waals surface area contributed by atoms with Crippen LogP contribution in [0.25, 0.3) is 0 Å². The predicted octanol–water partition coefficient (Wildman–Crippen LogP) is -0.257. The van der Waals surface area contributed by atoms with Gasteiger partial charge in [-0.2, -0.15) is 0 Å². The molecule has 0 aliphatic heterocycles. The minimum absolute atomic E-state index is 0.331. The van der Waals surface area contributed by atoms with Crippen molar-refractivity contribution in [1.82, 2.24) is 0 Å². The maximum atomic E-state index is 10.2. The number of benzene rings is 1. The first kappa shape index (κ1) is 10.2. The first-order chi connectivity index (χ1) is 5.30. The van der Waals surface area contributed by atoms with E-state index in [0.29, 0.717) is 4.90 Å². The molecular formula is C6H9N2O2S-. The summed E-state index contributed by atoms with van der Waals surface area (Å²) in [4.78, 5) is 0.331. The van der Waals surface area contributed by atoms with Gasteiger partial charge in [0, 0.05) is 4.90 Å². The molecule has 1 aromatic rings. The van der Waals surface area contributed by atoms with Gasteiger partial charge in [-0.05, 0) is 23.2 Å². The molecule has 5 heteroatoms. The first-order valence-electron chi connectivity index (χ1n) is 2.78. The molecule has 11 heavy (non-hydrogen) atoms. The van der Waals surface area contributed by atoms with Gasteiger partial charge in [-0.25, -0.2) is 0 Å². The van der Waals surface area contributed by atoms with Crippen molar-refractivity contribution in [2.45, 2.75) is 4.90 Å². The molecule has 4 nitrogen and oxygen atoms in total. The van der Waals surface area contributed by atoms with E-state index in [9.17, 15) is 8.76 Å². The van der Waals surface area contributed by atoms with Crippen molar-refractivity contribution >= 4 is 11.1 Å². The lowest BCUT2D eigenvalue weighted by Crippen LogP contribution is -2.02. The fraction of sp³-hybridized carbons (Fsp3) is 0. The summed E-state index contributed by atoms with van der Waals surface area (Å²) in [6.45, 7) is 0. The van der Waals surface area contributed by atoms with Crippen LogP contribution in [-0.4, -0.2) is 8.76 Å². The third kappa shape index (κ3) is 3.84. The molecule has 0 saturated carbocycles. The highest BCUT2D eigenvalue weighted by Gasteiger charge is 1.84. The Balaban J connectivity index is 0.000000461. The van der Waals surface area contributed by atoms with Gasteiger partial charge in [0.25, 0.3) is 0 Å². The van der Waals surface area contributed by atoms with E-state index in [1.54, 1.807) is 30.3 Å². The van der Waals surface area contributed by atoms with Gasteiger partial charge in [-0.1, -0.05) is 18.2 Å². The van der Waals surface area contributed by atoms with Crippen molar-refractivity contribution in [2.24, 2.45) is 11.7 Å². The number of rotatable bonds is 1. The van der Waals surface area contributed by atoms with Gasteiger partial charge in [-0.3, -0.25) is 15.9 Å². The van der Waals surface area contributed by atoms with Gasteiger partial charge >= 0.3 is 0 Å². The Hall–Kier alpha value is -0.750. The average molecular weight is 173 g/mol. The summed E-state index contributed by atoms with van der Waals surface area (Å²) in [7, 11) is 0. The molecule has 1 unspecified atom stereocenters. The van der Waals surface area contributed by atoms with Gasteiger partial charge < -0.3 is 4.55 Å². The molecule has 0 spiro atoms. The minimum atomic E-state index is -2.08. The molecule has 1 rings (SSSR count). The van der Waals surface area contributed by atoms with E-state index in [0.717, 1.165) is 0 Å². The Morgan fingerprint density at radius 1 is 1.18 bits per heavy atom. The third-order valence-electron chi connectivity index (χ3n) is 0.936. The third-order valence-corrected chi connectivity index (χ3v) is 1.59. The SMILES string of the molecule is NN.O=S([O-])c1ccccc1. The van der Waals surface area contributed by atoms with Gasteiger partial charge in [0.1, 0.15) is 0 Å². The second kappa shape index (κ2) is 5.99. The summed E-state index contributed by atoms with van der Waals surface area (Å²) in [5.41, 5.74) is 0. The Labute approximate surface area is 67.5 Å². The molecule has 0 bridgehead atoms. The Morgan fingerprint density at radius 2 is 1.64 bits per heavy atom. The summed E-state index contributed by atoms with van der Waals surface area (Å²) in [6.07, 6.45) is 0. The second-order valence-corrected chi connectivity index (χ2v) is 2.49. The van der Waals surface area contributed by atoms with Crippen LogP contribution in [0.1, 0.15) is 0 Å². The summed E-state index contributed by atoms with van der Waals surface area (Å²) in [6, 6.07) is 8.23. The van der Waals surface area contributed by atoms with E-state index in [-0.39, 0.29) is 0 Å². The standard InChI is InChI=1S/C6H6O2S.H4N2/c7-9(8)6-4-2-1-3-5-6;1-2/h1-5H,(H,7,8);1-2H2/p-1. The van der Waals surface area contributed by atoms with Crippen molar-refractivity contribution in [1.29, 1.82) is 0 Å². The van der Waals surface area contributed by atoms with Crippen LogP contribution in [0.4, 0.5) is 0 Å². The Morgan fingerprint density at radius 3 is 1.91 bits per heavy atom. The van der Waals surface area contributed by atoms with Crippen LogP contribution in [-0.2, 0) is 11.1 Å². The van der Waals surface area contributed by atoms with Gasteiger partial charge in [0.05, 0.1) is 0 Å². The fourth-order valence-electron chi connectivity index (χ4n) is 0.532. The molecule has 0 saturated heterocycles. The zero-order valence-corrected chi connectivity index (χ0v) is 6.58. The highest BCUT2D eigenvalue weighted by Crippen LogP contribution is 2.00. The lowest BCUT2D eigenvalue weighted by atomic mass is 10.4. The number of nitrogens with two attached hydrogens (primary N) is 2. The van der Waals surface area contributed by atoms with Crippen LogP contribution in [0.5, 0.6) is 0 Å². The lowest BCUT2D eigenvalue weighted by molar-refractivity contribution is 0.537. The second-order valence-electron chi connectivity index (χ2n) is 1.55. The highest BCUT2D eigenvalue weighted by atomic mass is 32.2. The zero-order valence-electron chi connectivity index (χ0n) is 5.77. The maximum Gasteiger partial charge on any atom is 0.0248 e. The van der Waals surface area contributed by atoms with Crippen LogP contribution in [0.15, 0.2) is 35.2 Å².